The average Bonchev–Trinajstić information content (AvgIpc) is 3.26. The first-order valence-corrected chi connectivity index (χ1v) is 8.96. The Bertz CT molecular complexity index is 604. The summed E-state index contributed by atoms with van der Waals surface area (Å²) in [4.78, 5) is 16.6. The number of nitrogens with zero attached hydrogens (tertiary/aromatic N) is 2. The molecule has 0 unspecified atom stereocenters. The first-order valence-electron chi connectivity index (χ1n) is 8.96. The first kappa shape index (κ1) is 18.1. The number of halogens is 1. The Kier molecular flexibility index (Phi) is 5.91. The van der Waals surface area contributed by atoms with Gasteiger partial charge < -0.3 is 14.4 Å². The van der Waals surface area contributed by atoms with E-state index in [-0.39, 0.29) is 29.5 Å². The summed E-state index contributed by atoms with van der Waals surface area (Å²) in [6.07, 6.45) is 2.73. The lowest BCUT2D eigenvalue weighted by molar-refractivity contribution is -0.131. The molecule has 3 rings (SSSR count). The number of carbonyl (C=O) groups excluding carboxylic acids is 1. The van der Waals surface area contributed by atoms with Gasteiger partial charge in [0.25, 0.3) is 0 Å². The van der Waals surface area contributed by atoms with Crippen molar-refractivity contribution in [1.29, 1.82) is 0 Å². The molecule has 0 aliphatic carbocycles. The van der Waals surface area contributed by atoms with Crippen LogP contribution in [0.25, 0.3) is 0 Å². The molecule has 0 saturated carbocycles. The van der Waals surface area contributed by atoms with Crippen LogP contribution in [0.5, 0.6) is 5.75 Å². The maximum absolute atomic E-state index is 14.4. The second-order valence-corrected chi connectivity index (χ2v) is 6.95. The molecule has 6 heteroatoms. The van der Waals surface area contributed by atoms with Crippen LogP contribution in [-0.2, 0) is 16.1 Å². The van der Waals surface area contributed by atoms with Crippen LogP contribution >= 0.6 is 0 Å². The predicted octanol–water partition coefficient (Wildman–Crippen LogP) is 2.29. The summed E-state index contributed by atoms with van der Waals surface area (Å²) in [7, 11) is 3.16. The first-order chi connectivity index (χ1) is 12.1. The number of ether oxygens (including phenoxy) is 2. The lowest BCUT2D eigenvalue weighted by Gasteiger charge is -2.21. The van der Waals surface area contributed by atoms with Crippen molar-refractivity contribution in [3.63, 3.8) is 0 Å². The van der Waals surface area contributed by atoms with Gasteiger partial charge >= 0.3 is 0 Å². The summed E-state index contributed by atoms with van der Waals surface area (Å²) in [6, 6.07) is 5.20. The van der Waals surface area contributed by atoms with Gasteiger partial charge in [-0.15, -0.1) is 0 Å². The zero-order valence-corrected chi connectivity index (χ0v) is 15.0. The van der Waals surface area contributed by atoms with Gasteiger partial charge in [-0.1, -0.05) is 12.1 Å². The molecule has 25 heavy (non-hydrogen) atoms. The van der Waals surface area contributed by atoms with Gasteiger partial charge in [-0.3, -0.25) is 9.69 Å². The average molecular weight is 350 g/mol. The minimum atomic E-state index is -0.310. The molecule has 1 aromatic carbocycles. The number of hydrogen-bond acceptors (Lipinski definition) is 4. The van der Waals surface area contributed by atoms with Crippen LogP contribution in [0.2, 0.25) is 0 Å². The summed E-state index contributed by atoms with van der Waals surface area (Å²) in [5, 5.41) is 0. The van der Waals surface area contributed by atoms with E-state index in [1.807, 2.05) is 4.90 Å². The van der Waals surface area contributed by atoms with E-state index in [9.17, 15) is 9.18 Å². The standard InChI is InChI=1S/C19H27FN2O3/c1-24-16-7-5-6-14(19(16)20)11-21-12-15(17(13-21)25-2)10-18(23)22-8-3-4-9-22/h5-7,15,17H,3-4,8-13H2,1-2H3/t15-,17-/m0/s1. The molecule has 5 nitrogen and oxygen atoms in total. The van der Waals surface area contributed by atoms with Crippen molar-refractivity contribution in [2.24, 2.45) is 5.92 Å². The Morgan fingerprint density at radius 2 is 2.00 bits per heavy atom. The zero-order chi connectivity index (χ0) is 17.8. The van der Waals surface area contributed by atoms with Crippen LogP contribution < -0.4 is 4.74 Å². The van der Waals surface area contributed by atoms with Crippen molar-refractivity contribution in [3.05, 3.63) is 29.6 Å². The van der Waals surface area contributed by atoms with Crippen LogP contribution in [0.1, 0.15) is 24.8 Å². The molecule has 1 aromatic rings. The van der Waals surface area contributed by atoms with E-state index >= 15 is 0 Å². The Balaban J connectivity index is 1.62. The van der Waals surface area contributed by atoms with Gasteiger partial charge in [0.15, 0.2) is 11.6 Å². The number of methoxy groups -OCH3 is 2. The maximum Gasteiger partial charge on any atom is 0.222 e. The summed E-state index contributed by atoms with van der Waals surface area (Å²) in [6.45, 7) is 3.71. The fourth-order valence-electron chi connectivity index (χ4n) is 3.92. The van der Waals surface area contributed by atoms with E-state index in [1.165, 1.54) is 7.11 Å². The summed E-state index contributed by atoms with van der Waals surface area (Å²) in [5.41, 5.74) is 0.612. The topological polar surface area (TPSA) is 42.0 Å². The maximum atomic E-state index is 14.4. The van der Waals surface area contributed by atoms with Crippen LogP contribution in [0.15, 0.2) is 18.2 Å². The molecule has 2 saturated heterocycles. The predicted molar refractivity (Wildman–Crippen MR) is 92.9 cm³/mol. The molecule has 2 aliphatic rings. The van der Waals surface area contributed by atoms with Crippen molar-refractivity contribution in [1.82, 2.24) is 9.80 Å². The van der Waals surface area contributed by atoms with E-state index in [1.54, 1.807) is 25.3 Å². The van der Waals surface area contributed by atoms with E-state index in [0.29, 0.717) is 25.1 Å². The third-order valence-electron chi connectivity index (χ3n) is 5.31. The van der Waals surface area contributed by atoms with E-state index in [2.05, 4.69) is 4.90 Å². The molecule has 2 atom stereocenters. The summed E-state index contributed by atoms with van der Waals surface area (Å²) in [5.74, 6) is 0.335. The van der Waals surface area contributed by atoms with Crippen molar-refractivity contribution in [3.8, 4) is 5.75 Å². The lowest BCUT2D eigenvalue weighted by atomic mass is 10.0. The Morgan fingerprint density at radius 1 is 1.24 bits per heavy atom. The summed E-state index contributed by atoms with van der Waals surface area (Å²) < 4.78 is 25.0. The minimum Gasteiger partial charge on any atom is -0.494 e. The lowest BCUT2D eigenvalue weighted by Crippen LogP contribution is -2.32. The molecule has 0 N–H and O–H groups in total. The van der Waals surface area contributed by atoms with Crippen molar-refractivity contribution >= 4 is 5.91 Å². The molecule has 0 radical (unpaired) electrons. The third-order valence-corrected chi connectivity index (χ3v) is 5.31. The smallest absolute Gasteiger partial charge is 0.222 e. The van der Waals surface area contributed by atoms with Crippen LogP contribution in [0, 0.1) is 11.7 Å². The molecule has 138 valence electrons. The SMILES string of the molecule is COc1cccc(CN2C[C@H](CC(=O)N3CCCC3)[C@@H](OC)C2)c1F. The van der Waals surface area contributed by atoms with Gasteiger partial charge in [-0.05, 0) is 18.9 Å². The normalized spacial score (nSPS) is 24.0. The molecular weight excluding hydrogens is 323 g/mol. The molecule has 2 heterocycles. The molecule has 0 spiro atoms. The highest BCUT2D eigenvalue weighted by molar-refractivity contribution is 5.76. The van der Waals surface area contributed by atoms with Gasteiger partial charge in [-0.25, -0.2) is 4.39 Å². The Labute approximate surface area is 148 Å². The highest BCUT2D eigenvalue weighted by atomic mass is 19.1. The number of rotatable bonds is 6. The largest absolute Gasteiger partial charge is 0.494 e. The monoisotopic (exact) mass is 350 g/mol. The van der Waals surface area contributed by atoms with Crippen LogP contribution in [0.4, 0.5) is 4.39 Å². The minimum absolute atomic E-state index is 0.0141. The molecule has 0 aromatic heterocycles. The number of likely N-dealkylation sites (tertiary alicyclic amines) is 2. The second kappa shape index (κ2) is 8.15. The summed E-state index contributed by atoms with van der Waals surface area (Å²) >= 11 is 0. The van der Waals surface area contributed by atoms with Crippen molar-refractivity contribution in [2.45, 2.75) is 31.9 Å². The van der Waals surface area contributed by atoms with Crippen molar-refractivity contribution in [2.75, 3.05) is 40.4 Å². The van der Waals surface area contributed by atoms with E-state index < -0.39 is 0 Å². The Hall–Kier alpha value is -1.66. The number of hydrogen-bond donors (Lipinski definition) is 0. The molecule has 2 aliphatic heterocycles. The van der Waals surface area contributed by atoms with Gasteiger partial charge in [0.2, 0.25) is 5.91 Å². The van der Waals surface area contributed by atoms with E-state index in [0.717, 1.165) is 32.5 Å². The van der Waals surface area contributed by atoms with Gasteiger partial charge in [0, 0.05) is 57.7 Å². The fourth-order valence-corrected chi connectivity index (χ4v) is 3.92. The molecule has 2 fully saturated rings. The van der Waals surface area contributed by atoms with Gasteiger partial charge in [-0.2, -0.15) is 0 Å². The van der Waals surface area contributed by atoms with Gasteiger partial charge in [0.1, 0.15) is 0 Å². The van der Waals surface area contributed by atoms with Crippen LogP contribution in [0.3, 0.4) is 0 Å². The Morgan fingerprint density at radius 3 is 2.68 bits per heavy atom. The fraction of sp³-hybridized carbons (Fsp3) is 0.632. The molecule has 0 bridgehead atoms. The van der Waals surface area contributed by atoms with Crippen molar-refractivity contribution < 1.29 is 18.7 Å². The highest BCUT2D eigenvalue weighted by Crippen LogP contribution is 2.28. The molecular formula is C19H27FN2O3. The molecule has 1 amide bonds. The highest BCUT2D eigenvalue weighted by Gasteiger charge is 2.35. The quantitative estimate of drug-likeness (QED) is 0.789. The number of carbonyl (C=O) groups is 1. The second-order valence-electron chi connectivity index (χ2n) is 6.95. The van der Waals surface area contributed by atoms with E-state index in [4.69, 9.17) is 9.47 Å². The number of benzene rings is 1. The van der Waals surface area contributed by atoms with Gasteiger partial charge in [0.05, 0.1) is 13.2 Å². The third kappa shape index (κ3) is 4.12. The zero-order valence-electron chi connectivity index (χ0n) is 15.0. The number of amides is 1. The van der Waals surface area contributed by atoms with Crippen LogP contribution in [-0.4, -0.2) is 62.2 Å².